The quantitative estimate of drug-likeness (QED) is 0.465. The van der Waals surface area contributed by atoms with Gasteiger partial charge in [0.15, 0.2) is 6.10 Å². The van der Waals surface area contributed by atoms with Gasteiger partial charge in [0.2, 0.25) is 11.7 Å². The second-order valence-corrected chi connectivity index (χ2v) is 6.31. The van der Waals surface area contributed by atoms with Crippen LogP contribution in [0.2, 0.25) is 5.15 Å². The molecule has 7 nitrogen and oxygen atoms in total. The van der Waals surface area contributed by atoms with Gasteiger partial charge in [-0.05, 0) is 44.2 Å². The highest BCUT2D eigenvalue weighted by Gasteiger charge is 2.19. The van der Waals surface area contributed by atoms with Crippen LogP contribution in [-0.2, 0) is 21.4 Å². The number of ether oxygens (including phenoxy) is 1. The van der Waals surface area contributed by atoms with E-state index in [1.54, 1.807) is 38.2 Å². The van der Waals surface area contributed by atoms with Crippen LogP contribution < -0.4 is 5.32 Å². The van der Waals surface area contributed by atoms with Crippen molar-refractivity contribution in [3.05, 3.63) is 52.3 Å². The number of carbonyl (C=O) groups excluding carboxylic acids is 3. The molecule has 142 valence electrons. The summed E-state index contributed by atoms with van der Waals surface area (Å²) in [5, 5.41) is 7.16. The predicted octanol–water partition coefficient (Wildman–Crippen LogP) is 3.17. The zero-order valence-corrected chi connectivity index (χ0v) is 16.2. The Morgan fingerprint density at radius 1 is 1.26 bits per heavy atom. The predicted molar refractivity (Wildman–Crippen MR) is 103 cm³/mol. The molecule has 0 radical (unpaired) electrons. The number of benzene rings is 1. The molecule has 1 heterocycles. The molecule has 1 aromatic heterocycles. The van der Waals surface area contributed by atoms with Gasteiger partial charge in [-0.1, -0.05) is 11.6 Å². The maximum Gasteiger partial charge on any atom is 0.331 e. The molecular weight excluding hydrogens is 370 g/mol. The molecule has 27 heavy (non-hydrogen) atoms. The first kappa shape index (κ1) is 20.4. The lowest BCUT2D eigenvalue weighted by molar-refractivity contribution is -0.140. The van der Waals surface area contributed by atoms with Crippen molar-refractivity contribution in [3.8, 4) is 0 Å². The lowest BCUT2D eigenvalue weighted by Crippen LogP contribution is -2.23. The third kappa shape index (κ3) is 5.27. The van der Waals surface area contributed by atoms with Gasteiger partial charge < -0.3 is 10.1 Å². The van der Waals surface area contributed by atoms with E-state index in [4.69, 9.17) is 16.3 Å². The van der Waals surface area contributed by atoms with Crippen LogP contribution in [0, 0.1) is 6.92 Å². The van der Waals surface area contributed by atoms with Crippen LogP contribution in [-0.4, -0.2) is 33.5 Å². The summed E-state index contributed by atoms with van der Waals surface area (Å²) in [6, 6.07) is 6.34. The van der Waals surface area contributed by atoms with Crippen molar-refractivity contribution in [3.63, 3.8) is 0 Å². The zero-order chi connectivity index (χ0) is 20.1. The number of halogens is 1. The Bertz CT molecular complexity index is 900. The number of anilines is 1. The summed E-state index contributed by atoms with van der Waals surface area (Å²) in [6.07, 6.45) is 1.76. The number of nitrogens with zero attached hydrogens (tertiary/aromatic N) is 2. The van der Waals surface area contributed by atoms with Crippen LogP contribution in [0.1, 0.15) is 35.5 Å². The summed E-state index contributed by atoms with van der Waals surface area (Å²) in [7, 11) is 1.70. The van der Waals surface area contributed by atoms with Gasteiger partial charge >= 0.3 is 5.97 Å². The molecule has 0 saturated carbocycles. The van der Waals surface area contributed by atoms with Gasteiger partial charge in [-0.15, -0.1) is 0 Å². The summed E-state index contributed by atoms with van der Waals surface area (Å²) >= 11 is 6.09. The molecule has 1 amide bonds. The van der Waals surface area contributed by atoms with Gasteiger partial charge in [-0.25, -0.2) is 4.79 Å². The average molecular weight is 390 g/mol. The summed E-state index contributed by atoms with van der Waals surface area (Å²) in [5.41, 5.74) is 2.24. The molecule has 0 fully saturated rings. The number of Topliss-reactive ketones (excluding diaryl/α,β-unsaturated/α-hetero) is 1. The fourth-order valence-corrected chi connectivity index (χ4v) is 2.65. The Hall–Kier alpha value is -2.93. The topological polar surface area (TPSA) is 90.3 Å². The van der Waals surface area contributed by atoms with Gasteiger partial charge in [0.25, 0.3) is 0 Å². The van der Waals surface area contributed by atoms with Crippen LogP contribution >= 0.6 is 11.6 Å². The molecule has 8 heteroatoms. The van der Waals surface area contributed by atoms with Crippen molar-refractivity contribution < 1.29 is 19.1 Å². The monoisotopic (exact) mass is 389 g/mol. The van der Waals surface area contributed by atoms with E-state index in [2.05, 4.69) is 10.4 Å². The second-order valence-electron chi connectivity index (χ2n) is 5.95. The van der Waals surface area contributed by atoms with Gasteiger partial charge in [-0.2, -0.15) is 5.10 Å². The Morgan fingerprint density at radius 2 is 1.89 bits per heavy atom. The number of hydrogen-bond donors (Lipinski definition) is 1. The standard InChI is InChI=1S/C19H20ClN3O4/c1-11-16(19(20)23(4)22-11)9-10-17(25)27-12(2)18(26)14-5-7-15(8-6-14)21-13(3)24/h5-10,12H,1-4H3,(H,21,24)/b10-9+. The first-order valence-corrected chi connectivity index (χ1v) is 8.56. The van der Waals surface area contributed by atoms with Crippen molar-refractivity contribution in [1.29, 1.82) is 0 Å². The Morgan fingerprint density at radius 3 is 2.41 bits per heavy atom. The number of amides is 1. The van der Waals surface area contributed by atoms with E-state index in [0.29, 0.717) is 27.7 Å². The van der Waals surface area contributed by atoms with Crippen LogP contribution in [0.5, 0.6) is 0 Å². The van der Waals surface area contributed by atoms with Crippen molar-refractivity contribution in [2.45, 2.75) is 26.9 Å². The van der Waals surface area contributed by atoms with Gasteiger partial charge in [-0.3, -0.25) is 14.3 Å². The van der Waals surface area contributed by atoms with Gasteiger partial charge in [0, 0.05) is 36.9 Å². The smallest absolute Gasteiger partial charge is 0.331 e. The molecular formula is C19H20ClN3O4. The molecule has 1 unspecified atom stereocenters. The van der Waals surface area contributed by atoms with Crippen LogP contribution in [0.3, 0.4) is 0 Å². The third-order valence-corrected chi connectivity index (χ3v) is 4.18. The highest BCUT2D eigenvalue weighted by atomic mass is 35.5. The van der Waals surface area contributed by atoms with Gasteiger partial charge in [0.1, 0.15) is 5.15 Å². The normalized spacial score (nSPS) is 12.0. The SMILES string of the molecule is CC(=O)Nc1ccc(C(=O)C(C)OC(=O)/C=C/c2c(C)nn(C)c2Cl)cc1. The Labute approximate surface area is 162 Å². The van der Waals surface area contributed by atoms with Crippen LogP contribution in [0.4, 0.5) is 5.69 Å². The maximum atomic E-state index is 12.4. The van der Waals surface area contributed by atoms with E-state index >= 15 is 0 Å². The summed E-state index contributed by atoms with van der Waals surface area (Å²) < 4.78 is 6.65. The lowest BCUT2D eigenvalue weighted by Gasteiger charge is -2.11. The molecule has 0 aliphatic rings. The summed E-state index contributed by atoms with van der Waals surface area (Å²) in [5.74, 6) is -1.21. The first-order valence-electron chi connectivity index (χ1n) is 8.18. The van der Waals surface area contributed by atoms with E-state index in [1.165, 1.54) is 30.7 Å². The Kier molecular flexibility index (Phi) is 6.52. The molecule has 0 aliphatic carbocycles. The Balaban J connectivity index is 2.00. The molecule has 1 atom stereocenters. The molecule has 0 spiro atoms. The number of carbonyl (C=O) groups is 3. The molecule has 0 saturated heterocycles. The first-order chi connectivity index (χ1) is 12.7. The number of rotatable bonds is 6. The van der Waals surface area contributed by atoms with Crippen molar-refractivity contribution in [1.82, 2.24) is 9.78 Å². The minimum absolute atomic E-state index is 0.202. The number of ketones is 1. The number of esters is 1. The summed E-state index contributed by atoms with van der Waals surface area (Å²) in [6.45, 7) is 4.67. The summed E-state index contributed by atoms with van der Waals surface area (Å²) in [4.78, 5) is 35.4. The molecule has 0 aliphatic heterocycles. The largest absolute Gasteiger partial charge is 0.451 e. The maximum absolute atomic E-state index is 12.4. The molecule has 2 rings (SSSR count). The second kappa shape index (κ2) is 8.64. The molecule has 1 N–H and O–H groups in total. The number of aromatic nitrogens is 2. The highest BCUT2D eigenvalue weighted by molar-refractivity contribution is 6.31. The van der Waals surface area contributed by atoms with E-state index in [1.807, 2.05) is 0 Å². The zero-order valence-electron chi connectivity index (χ0n) is 15.4. The van der Waals surface area contributed by atoms with E-state index in [9.17, 15) is 14.4 Å². The molecule has 1 aromatic carbocycles. The lowest BCUT2D eigenvalue weighted by atomic mass is 10.1. The van der Waals surface area contributed by atoms with E-state index < -0.39 is 12.1 Å². The molecule has 0 bridgehead atoms. The fraction of sp³-hybridized carbons (Fsp3) is 0.263. The van der Waals surface area contributed by atoms with E-state index in [0.717, 1.165) is 0 Å². The van der Waals surface area contributed by atoms with Crippen LogP contribution in [0.25, 0.3) is 6.08 Å². The number of hydrogen-bond acceptors (Lipinski definition) is 5. The van der Waals surface area contributed by atoms with E-state index in [-0.39, 0.29) is 11.7 Å². The highest BCUT2D eigenvalue weighted by Crippen LogP contribution is 2.20. The van der Waals surface area contributed by atoms with Crippen LogP contribution in [0.15, 0.2) is 30.3 Å². The minimum atomic E-state index is -0.959. The third-order valence-electron chi connectivity index (χ3n) is 3.73. The van der Waals surface area contributed by atoms with Gasteiger partial charge in [0.05, 0.1) is 5.69 Å². The average Bonchev–Trinajstić information content (AvgIpc) is 2.84. The molecule has 2 aromatic rings. The minimum Gasteiger partial charge on any atom is -0.451 e. The number of nitrogens with one attached hydrogen (secondary N) is 1. The van der Waals surface area contributed by atoms with Crippen molar-refractivity contribution >= 4 is 41.0 Å². The number of aryl methyl sites for hydroxylation is 2. The van der Waals surface area contributed by atoms with Crippen molar-refractivity contribution in [2.24, 2.45) is 7.05 Å². The van der Waals surface area contributed by atoms with Crippen molar-refractivity contribution in [2.75, 3.05) is 5.32 Å². The fourth-order valence-electron chi connectivity index (χ4n) is 2.41.